The number of rotatable bonds is 6. The molecule has 0 bridgehead atoms. The minimum atomic E-state index is 0.340. The van der Waals surface area contributed by atoms with Gasteiger partial charge in [-0.1, -0.05) is 30.7 Å². The Hall–Kier alpha value is -0.350. The maximum absolute atomic E-state index is 5.96. The largest absolute Gasteiger partial charge is 0.310 e. The summed E-state index contributed by atoms with van der Waals surface area (Å²) in [7, 11) is 0. The van der Waals surface area contributed by atoms with E-state index < -0.39 is 0 Å². The van der Waals surface area contributed by atoms with Gasteiger partial charge in [0.2, 0.25) is 0 Å². The number of thiophene rings is 1. The highest BCUT2D eigenvalue weighted by Gasteiger charge is 2.14. The Morgan fingerprint density at radius 1 is 1.26 bits per heavy atom. The Morgan fingerprint density at radius 2 is 2.00 bits per heavy atom. The zero-order valence-electron chi connectivity index (χ0n) is 10.8. The van der Waals surface area contributed by atoms with Crippen molar-refractivity contribution in [2.24, 2.45) is 0 Å². The quantitative estimate of drug-likeness (QED) is 0.724. The molecule has 1 N–H and O–H groups in total. The molecular weight excluding hydrogens is 342 g/mol. The lowest BCUT2D eigenvalue weighted by Gasteiger charge is -2.19. The molecule has 0 aliphatic rings. The van der Waals surface area contributed by atoms with Gasteiger partial charge in [-0.2, -0.15) is 0 Å². The van der Waals surface area contributed by atoms with Crippen LogP contribution in [-0.2, 0) is 6.42 Å². The fourth-order valence-electron chi connectivity index (χ4n) is 1.98. The molecule has 19 heavy (non-hydrogen) atoms. The van der Waals surface area contributed by atoms with Gasteiger partial charge in [0.25, 0.3) is 0 Å². The lowest BCUT2D eigenvalue weighted by atomic mass is 10.0. The van der Waals surface area contributed by atoms with Crippen molar-refractivity contribution < 1.29 is 0 Å². The minimum Gasteiger partial charge on any atom is -0.310 e. The third-order valence-corrected chi connectivity index (χ3v) is 5.19. The first-order valence-corrected chi connectivity index (χ1v) is 8.46. The summed E-state index contributed by atoms with van der Waals surface area (Å²) in [5.74, 6) is 0. The van der Waals surface area contributed by atoms with E-state index in [1.165, 1.54) is 14.9 Å². The van der Waals surface area contributed by atoms with Gasteiger partial charge in [0, 0.05) is 26.8 Å². The van der Waals surface area contributed by atoms with E-state index in [1.807, 2.05) is 12.1 Å². The molecule has 0 aliphatic heterocycles. The summed E-state index contributed by atoms with van der Waals surface area (Å²) >= 11 is 11.4. The van der Waals surface area contributed by atoms with Gasteiger partial charge in [-0.15, -0.1) is 11.3 Å². The molecule has 0 saturated carbocycles. The predicted octanol–water partition coefficient (Wildman–Crippen LogP) is 5.45. The van der Waals surface area contributed by atoms with E-state index in [0.29, 0.717) is 6.04 Å². The Labute approximate surface area is 132 Å². The average molecular weight is 359 g/mol. The SMILES string of the molecule is CCCNC(Cc1sccc1Br)c1ccc(Cl)cc1. The summed E-state index contributed by atoms with van der Waals surface area (Å²) in [6, 6.07) is 10.6. The van der Waals surface area contributed by atoms with Crippen LogP contribution >= 0.6 is 38.9 Å². The van der Waals surface area contributed by atoms with Gasteiger partial charge in [-0.25, -0.2) is 0 Å². The molecule has 1 heterocycles. The fourth-order valence-corrected chi connectivity index (χ4v) is 3.66. The number of halogens is 2. The maximum atomic E-state index is 5.96. The van der Waals surface area contributed by atoms with Crippen LogP contribution in [0.4, 0.5) is 0 Å². The first-order valence-electron chi connectivity index (χ1n) is 6.41. The fraction of sp³-hybridized carbons (Fsp3) is 0.333. The number of hydrogen-bond acceptors (Lipinski definition) is 2. The molecule has 1 atom stereocenters. The number of hydrogen-bond donors (Lipinski definition) is 1. The molecule has 2 aromatic rings. The molecule has 1 aromatic heterocycles. The van der Waals surface area contributed by atoms with Gasteiger partial charge in [0.05, 0.1) is 0 Å². The van der Waals surface area contributed by atoms with Gasteiger partial charge in [0.1, 0.15) is 0 Å². The normalized spacial score (nSPS) is 12.6. The van der Waals surface area contributed by atoms with Crippen LogP contribution in [-0.4, -0.2) is 6.54 Å². The van der Waals surface area contributed by atoms with E-state index in [1.54, 1.807) is 11.3 Å². The smallest absolute Gasteiger partial charge is 0.0406 e. The zero-order chi connectivity index (χ0) is 13.7. The van der Waals surface area contributed by atoms with Crippen molar-refractivity contribution in [3.63, 3.8) is 0 Å². The van der Waals surface area contributed by atoms with Gasteiger partial charge >= 0.3 is 0 Å². The highest BCUT2D eigenvalue weighted by molar-refractivity contribution is 9.10. The molecule has 0 aliphatic carbocycles. The van der Waals surface area contributed by atoms with Crippen LogP contribution in [0.1, 0.15) is 29.8 Å². The summed E-state index contributed by atoms with van der Waals surface area (Å²) in [5.41, 5.74) is 1.29. The summed E-state index contributed by atoms with van der Waals surface area (Å²) in [4.78, 5) is 1.38. The van der Waals surface area contributed by atoms with E-state index >= 15 is 0 Å². The molecule has 4 heteroatoms. The summed E-state index contributed by atoms with van der Waals surface area (Å²) in [6.07, 6.45) is 2.13. The van der Waals surface area contributed by atoms with E-state index in [0.717, 1.165) is 24.4 Å². The second-order valence-electron chi connectivity index (χ2n) is 4.45. The van der Waals surface area contributed by atoms with Crippen LogP contribution in [0.5, 0.6) is 0 Å². The Morgan fingerprint density at radius 3 is 2.58 bits per heavy atom. The van der Waals surface area contributed by atoms with Crippen LogP contribution in [0.3, 0.4) is 0 Å². The van der Waals surface area contributed by atoms with Crippen molar-refractivity contribution in [3.8, 4) is 0 Å². The van der Waals surface area contributed by atoms with Crippen molar-refractivity contribution in [2.45, 2.75) is 25.8 Å². The highest BCUT2D eigenvalue weighted by atomic mass is 79.9. The molecule has 2 rings (SSSR count). The Kier molecular flexibility index (Phi) is 5.89. The molecule has 1 unspecified atom stereocenters. The molecule has 0 fully saturated rings. The van der Waals surface area contributed by atoms with Crippen LogP contribution in [0.2, 0.25) is 5.02 Å². The summed E-state index contributed by atoms with van der Waals surface area (Å²) in [6.45, 7) is 3.21. The van der Waals surface area contributed by atoms with E-state index in [2.05, 4.69) is 51.7 Å². The molecule has 1 nitrogen and oxygen atoms in total. The van der Waals surface area contributed by atoms with Gasteiger partial charge in [-0.05, 0) is 58.0 Å². The lowest BCUT2D eigenvalue weighted by molar-refractivity contribution is 0.532. The maximum Gasteiger partial charge on any atom is 0.0406 e. The molecule has 0 saturated heterocycles. The van der Waals surface area contributed by atoms with Crippen LogP contribution in [0.25, 0.3) is 0 Å². The minimum absolute atomic E-state index is 0.340. The second-order valence-corrected chi connectivity index (χ2v) is 6.75. The second kappa shape index (κ2) is 7.44. The molecular formula is C15H17BrClNS. The van der Waals surface area contributed by atoms with E-state index in [9.17, 15) is 0 Å². The molecule has 0 spiro atoms. The molecule has 1 aromatic carbocycles. The first kappa shape index (κ1) is 15.0. The van der Waals surface area contributed by atoms with Crippen LogP contribution < -0.4 is 5.32 Å². The Balaban J connectivity index is 2.15. The van der Waals surface area contributed by atoms with Gasteiger partial charge < -0.3 is 5.32 Å². The lowest BCUT2D eigenvalue weighted by Crippen LogP contribution is -2.23. The average Bonchev–Trinajstić information content (AvgIpc) is 2.81. The number of nitrogens with one attached hydrogen (secondary N) is 1. The number of benzene rings is 1. The summed E-state index contributed by atoms with van der Waals surface area (Å²) in [5, 5.41) is 6.52. The van der Waals surface area contributed by atoms with E-state index in [-0.39, 0.29) is 0 Å². The van der Waals surface area contributed by atoms with Crippen molar-refractivity contribution in [1.29, 1.82) is 0 Å². The van der Waals surface area contributed by atoms with Crippen molar-refractivity contribution in [3.05, 3.63) is 55.6 Å². The highest BCUT2D eigenvalue weighted by Crippen LogP contribution is 2.28. The topological polar surface area (TPSA) is 12.0 Å². The van der Waals surface area contributed by atoms with Gasteiger partial charge in [-0.3, -0.25) is 0 Å². The third kappa shape index (κ3) is 4.32. The summed E-state index contributed by atoms with van der Waals surface area (Å²) < 4.78 is 1.20. The Bertz CT molecular complexity index is 509. The predicted molar refractivity (Wildman–Crippen MR) is 88.2 cm³/mol. The van der Waals surface area contributed by atoms with Crippen LogP contribution in [0.15, 0.2) is 40.2 Å². The first-order chi connectivity index (χ1) is 9.20. The standard InChI is InChI=1S/C15H17BrClNS/c1-2-8-18-14(10-15-13(16)7-9-19-15)11-3-5-12(17)6-4-11/h3-7,9,14,18H,2,8,10H2,1H3. The monoisotopic (exact) mass is 357 g/mol. The molecule has 0 radical (unpaired) electrons. The van der Waals surface area contributed by atoms with Crippen molar-refractivity contribution >= 4 is 38.9 Å². The van der Waals surface area contributed by atoms with Crippen molar-refractivity contribution in [1.82, 2.24) is 5.32 Å². The molecule has 0 amide bonds. The molecule has 102 valence electrons. The van der Waals surface area contributed by atoms with Crippen molar-refractivity contribution in [2.75, 3.05) is 6.54 Å². The van der Waals surface area contributed by atoms with Crippen LogP contribution in [0, 0.1) is 0 Å². The van der Waals surface area contributed by atoms with E-state index in [4.69, 9.17) is 11.6 Å². The third-order valence-electron chi connectivity index (χ3n) is 2.99. The zero-order valence-corrected chi connectivity index (χ0v) is 14.0. The van der Waals surface area contributed by atoms with Gasteiger partial charge in [0.15, 0.2) is 0 Å².